The van der Waals surface area contributed by atoms with Gasteiger partial charge in [-0.1, -0.05) is 47.1 Å². The highest BCUT2D eigenvalue weighted by molar-refractivity contribution is 5.89. The molecular weight excluding hydrogens is 494 g/mol. The molecule has 2 aromatic carbocycles. The molecule has 0 radical (unpaired) electrons. The second-order valence-electron chi connectivity index (χ2n) is 14.3. The Hall–Kier alpha value is -2.33. The topological polar surface area (TPSA) is 38.8 Å². The second-order valence-corrected chi connectivity index (χ2v) is 14.3. The molecular formula is C36H49NO3. The minimum absolute atomic E-state index is 0.118. The number of hydrogen-bond donors (Lipinski definition) is 0. The zero-order valence-electron chi connectivity index (χ0n) is 25.4. The third kappa shape index (κ3) is 5.10. The fourth-order valence-electron chi connectivity index (χ4n) is 8.66. The maximum absolute atomic E-state index is 13.4. The summed E-state index contributed by atoms with van der Waals surface area (Å²) in [5.74, 6) is 4.93. The molecule has 1 aliphatic heterocycles. The van der Waals surface area contributed by atoms with Gasteiger partial charge in [0.05, 0.1) is 13.2 Å². The molecule has 0 aromatic heterocycles. The molecule has 3 aliphatic carbocycles. The Kier molecular flexibility index (Phi) is 7.52. The predicted molar refractivity (Wildman–Crippen MR) is 162 cm³/mol. The lowest BCUT2D eigenvalue weighted by molar-refractivity contribution is -0.132. The molecule has 6 rings (SSSR count). The van der Waals surface area contributed by atoms with E-state index in [2.05, 4.69) is 82.0 Å². The van der Waals surface area contributed by atoms with Crippen LogP contribution in [0.1, 0.15) is 90.2 Å². The van der Waals surface area contributed by atoms with E-state index in [0.29, 0.717) is 34.9 Å². The van der Waals surface area contributed by atoms with Crippen LogP contribution in [0.5, 0.6) is 11.5 Å². The van der Waals surface area contributed by atoms with Crippen LogP contribution >= 0.6 is 0 Å². The van der Waals surface area contributed by atoms with Gasteiger partial charge >= 0.3 is 0 Å². The minimum Gasteiger partial charge on any atom is -0.457 e. The monoisotopic (exact) mass is 543 g/mol. The van der Waals surface area contributed by atoms with Gasteiger partial charge < -0.3 is 14.4 Å². The Morgan fingerprint density at radius 1 is 1.07 bits per heavy atom. The van der Waals surface area contributed by atoms with Gasteiger partial charge in [-0.3, -0.25) is 4.79 Å². The molecule has 1 saturated heterocycles. The molecule has 4 nitrogen and oxygen atoms in total. The van der Waals surface area contributed by atoms with Gasteiger partial charge in [0.2, 0.25) is 0 Å². The van der Waals surface area contributed by atoms with E-state index >= 15 is 0 Å². The van der Waals surface area contributed by atoms with E-state index in [1.165, 1.54) is 36.1 Å². The quantitative estimate of drug-likeness (QED) is 0.351. The van der Waals surface area contributed by atoms with Crippen molar-refractivity contribution in [2.75, 3.05) is 31.2 Å². The van der Waals surface area contributed by atoms with E-state index in [-0.39, 0.29) is 11.3 Å². The number of ether oxygens (including phenoxy) is 2. The van der Waals surface area contributed by atoms with Crippen molar-refractivity contribution in [1.82, 2.24) is 0 Å². The van der Waals surface area contributed by atoms with Gasteiger partial charge in [0.1, 0.15) is 17.3 Å². The van der Waals surface area contributed by atoms with Crippen molar-refractivity contribution >= 4 is 11.5 Å². The average molecular weight is 544 g/mol. The molecule has 0 bridgehead atoms. The van der Waals surface area contributed by atoms with Crippen molar-refractivity contribution in [3.8, 4) is 11.5 Å². The summed E-state index contributed by atoms with van der Waals surface area (Å²) in [4.78, 5) is 15.7. The summed E-state index contributed by atoms with van der Waals surface area (Å²) in [6, 6.07) is 15.4. The van der Waals surface area contributed by atoms with E-state index in [0.717, 1.165) is 63.5 Å². The van der Waals surface area contributed by atoms with Crippen molar-refractivity contribution in [1.29, 1.82) is 0 Å². The van der Waals surface area contributed by atoms with Crippen molar-refractivity contribution in [3.63, 3.8) is 0 Å². The summed E-state index contributed by atoms with van der Waals surface area (Å²) in [7, 11) is 0. The van der Waals surface area contributed by atoms with E-state index in [4.69, 9.17) is 9.47 Å². The molecule has 0 spiro atoms. The molecule has 40 heavy (non-hydrogen) atoms. The average Bonchev–Trinajstić information content (AvgIpc) is 3.20. The van der Waals surface area contributed by atoms with Crippen molar-refractivity contribution in [2.45, 2.75) is 85.5 Å². The molecule has 4 heteroatoms. The fraction of sp³-hybridized carbons (Fsp3) is 0.639. The Morgan fingerprint density at radius 3 is 2.52 bits per heavy atom. The van der Waals surface area contributed by atoms with Gasteiger partial charge in [-0.2, -0.15) is 0 Å². The normalized spacial score (nSPS) is 31.9. The molecule has 6 unspecified atom stereocenters. The third-order valence-electron chi connectivity index (χ3n) is 11.5. The van der Waals surface area contributed by atoms with E-state index in [1.807, 2.05) is 0 Å². The first kappa shape index (κ1) is 27.8. The maximum atomic E-state index is 13.4. The molecule has 0 amide bonds. The molecule has 3 fully saturated rings. The van der Waals surface area contributed by atoms with Crippen molar-refractivity contribution < 1.29 is 14.3 Å². The zero-order valence-corrected chi connectivity index (χ0v) is 25.4. The summed E-state index contributed by atoms with van der Waals surface area (Å²) in [6.45, 7) is 15.1. The summed E-state index contributed by atoms with van der Waals surface area (Å²) >= 11 is 0. The molecule has 2 aromatic rings. The van der Waals surface area contributed by atoms with E-state index in [9.17, 15) is 4.79 Å². The molecule has 1 heterocycles. The van der Waals surface area contributed by atoms with Crippen LogP contribution in [0, 0.1) is 34.5 Å². The first-order valence-corrected chi connectivity index (χ1v) is 16.0. The lowest BCUT2D eigenvalue weighted by Gasteiger charge is -2.52. The van der Waals surface area contributed by atoms with Gasteiger partial charge in [-0.05, 0) is 115 Å². The van der Waals surface area contributed by atoms with E-state index in [1.54, 1.807) is 0 Å². The SMILES string of the molecule is CCC(C)(C)CCC1Cc2cc(Oc3ccc(N4CCOCC4)cc3)ccc2C2CCC3(C)C(=O)C(C)CC3C12. The summed E-state index contributed by atoms with van der Waals surface area (Å²) in [6.07, 6.45) is 8.10. The molecule has 2 saturated carbocycles. The number of ketones is 1. The maximum Gasteiger partial charge on any atom is 0.141 e. The van der Waals surface area contributed by atoms with Gasteiger partial charge in [-0.25, -0.2) is 0 Å². The highest BCUT2D eigenvalue weighted by Crippen LogP contribution is 2.62. The van der Waals surface area contributed by atoms with Crippen LogP contribution in [0.2, 0.25) is 0 Å². The number of rotatable bonds is 7. The van der Waals surface area contributed by atoms with Crippen molar-refractivity contribution in [3.05, 3.63) is 53.6 Å². The van der Waals surface area contributed by atoms with Crippen molar-refractivity contribution in [2.24, 2.45) is 34.5 Å². The lowest BCUT2D eigenvalue weighted by Crippen LogP contribution is -2.46. The first-order valence-electron chi connectivity index (χ1n) is 16.0. The molecule has 216 valence electrons. The predicted octanol–water partition coefficient (Wildman–Crippen LogP) is 8.43. The summed E-state index contributed by atoms with van der Waals surface area (Å²) in [5, 5.41) is 0. The highest BCUT2D eigenvalue weighted by Gasteiger charge is 2.58. The van der Waals surface area contributed by atoms with Crippen LogP contribution in [0.25, 0.3) is 0 Å². The number of nitrogens with zero attached hydrogens (tertiary/aromatic N) is 1. The van der Waals surface area contributed by atoms with Gasteiger partial charge in [-0.15, -0.1) is 0 Å². The zero-order chi connectivity index (χ0) is 28.1. The number of hydrogen-bond acceptors (Lipinski definition) is 4. The van der Waals surface area contributed by atoms with Crippen LogP contribution in [0.3, 0.4) is 0 Å². The number of fused-ring (bicyclic) bond motifs is 5. The Labute approximate surface area is 241 Å². The largest absolute Gasteiger partial charge is 0.457 e. The van der Waals surface area contributed by atoms with Gasteiger partial charge in [0.25, 0.3) is 0 Å². The lowest BCUT2D eigenvalue weighted by atomic mass is 9.52. The minimum atomic E-state index is -0.118. The third-order valence-corrected chi connectivity index (χ3v) is 11.5. The number of carbonyl (C=O) groups is 1. The number of morpholine rings is 1. The fourth-order valence-corrected chi connectivity index (χ4v) is 8.66. The standard InChI is InChI=1S/C36H49NO3/c1-6-35(3,4)15-13-25-22-26-23-29(40-28-9-7-27(8-10-28)37-17-19-39-20-18-37)11-12-30(26)31-14-16-36(5)32(33(25)31)21-24(2)34(36)38/h7-12,23-25,31-33H,6,13-22H2,1-5H3. The summed E-state index contributed by atoms with van der Waals surface area (Å²) in [5.41, 5.74) is 4.48. The first-order chi connectivity index (χ1) is 19.2. The number of Topliss-reactive ketones (excluding diaryl/α,β-unsaturated/α-hetero) is 1. The molecule has 6 atom stereocenters. The molecule has 4 aliphatic rings. The smallest absolute Gasteiger partial charge is 0.141 e. The van der Waals surface area contributed by atoms with Crippen LogP contribution in [0.4, 0.5) is 5.69 Å². The van der Waals surface area contributed by atoms with E-state index < -0.39 is 0 Å². The van der Waals surface area contributed by atoms with Gasteiger partial charge in [0, 0.05) is 30.1 Å². The van der Waals surface area contributed by atoms with Gasteiger partial charge in [0.15, 0.2) is 0 Å². The van der Waals surface area contributed by atoms with Crippen LogP contribution in [-0.2, 0) is 16.0 Å². The second kappa shape index (κ2) is 10.8. The number of benzene rings is 2. The Bertz CT molecular complexity index is 1210. The van der Waals surface area contributed by atoms with Crippen LogP contribution < -0.4 is 9.64 Å². The van der Waals surface area contributed by atoms with Crippen LogP contribution in [-0.4, -0.2) is 32.1 Å². The number of carbonyl (C=O) groups excluding carboxylic acids is 1. The highest BCUT2D eigenvalue weighted by atomic mass is 16.5. The summed E-state index contributed by atoms with van der Waals surface area (Å²) < 4.78 is 11.9. The molecule has 0 N–H and O–H groups in total. The number of anilines is 1. The Morgan fingerprint density at radius 2 is 1.80 bits per heavy atom. The Balaban J connectivity index is 1.25. The van der Waals surface area contributed by atoms with Crippen LogP contribution in [0.15, 0.2) is 42.5 Å².